The summed E-state index contributed by atoms with van der Waals surface area (Å²) in [6, 6.07) is 7.43. The number of carboxylic acids is 1. The molecule has 0 radical (unpaired) electrons. The van der Waals surface area contributed by atoms with E-state index >= 15 is 0 Å². The third kappa shape index (κ3) is 3.60. The van der Waals surface area contributed by atoms with Gasteiger partial charge in [-0.05, 0) is 24.6 Å². The van der Waals surface area contributed by atoms with Gasteiger partial charge in [-0.15, -0.1) is 11.8 Å². The smallest absolute Gasteiger partial charge is 0.316 e. The Balaban J connectivity index is 2.46. The Morgan fingerprint density at radius 2 is 2.07 bits per heavy atom. The molecule has 0 heterocycles. The maximum atomic E-state index is 10.5. The Bertz CT molecular complexity index is 310. The molecule has 0 aliphatic carbocycles. The largest absolute Gasteiger partial charge is 0.480 e. The van der Waals surface area contributed by atoms with E-state index in [1.54, 1.807) is 6.92 Å². The predicted molar refractivity (Wildman–Crippen MR) is 59.8 cm³/mol. The van der Waals surface area contributed by atoms with Crippen LogP contribution in [0.5, 0.6) is 0 Å². The Morgan fingerprint density at radius 1 is 1.50 bits per heavy atom. The van der Waals surface area contributed by atoms with Crippen molar-refractivity contribution in [3.63, 3.8) is 0 Å². The van der Waals surface area contributed by atoms with Crippen molar-refractivity contribution in [1.82, 2.24) is 0 Å². The number of carboxylic acid groups (broad SMARTS) is 1. The molecule has 0 amide bonds. The summed E-state index contributed by atoms with van der Waals surface area (Å²) < 4.78 is 0. The second kappa shape index (κ2) is 5.27. The van der Waals surface area contributed by atoms with Crippen LogP contribution in [0.1, 0.15) is 12.5 Å². The highest BCUT2D eigenvalue weighted by Gasteiger charge is 2.10. The van der Waals surface area contributed by atoms with Crippen LogP contribution in [0.3, 0.4) is 0 Å². The van der Waals surface area contributed by atoms with Gasteiger partial charge in [-0.3, -0.25) is 4.79 Å². The van der Waals surface area contributed by atoms with Crippen molar-refractivity contribution in [2.24, 2.45) is 0 Å². The van der Waals surface area contributed by atoms with Crippen LogP contribution < -0.4 is 0 Å². The number of benzene rings is 1. The molecule has 14 heavy (non-hydrogen) atoms. The summed E-state index contributed by atoms with van der Waals surface area (Å²) in [4.78, 5) is 10.5. The van der Waals surface area contributed by atoms with Crippen LogP contribution in [0.25, 0.3) is 0 Å². The molecule has 1 aromatic carbocycles. The van der Waals surface area contributed by atoms with Crippen molar-refractivity contribution in [3.05, 3.63) is 34.9 Å². The van der Waals surface area contributed by atoms with Crippen molar-refractivity contribution in [3.8, 4) is 0 Å². The molecule has 0 spiro atoms. The molecule has 4 heteroatoms. The van der Waals surface area contributed by atoms with Gasteiger partial charge in [0.15, 0.2) is 0 Å². The van der Waals surface area contributed by atoms with Gasteiger partial charge < -0.3 is 5.11 Å². The number of rotatable bonds is 4. The summed E-state index contributed by atoms with van der Waals surface area (Å²) in [5, 5.41) is 8.99. The van der Waals surface area contributed by atoms with Gasteiger partial charge >= 0.3 is 5.97 Å². The first-order chi connectivity index (χ1) is 6.59. The third-order valence-electron chi connectivity index (χ3n) is 1.76. The van der Waals surface area contributed by atoms with E-state index < -0.39 is 5.97 Å². The summed E-state index contributed by atoms with van der Waals surface area (Å²) >= 11 is 7.12. The fourth-order valence-electron chi connectivity index (χ4n) is 0.873. The minimum Gasteiger partial charge on any atom is -0.480 e. The zero-order chi connectivity index (χ0) is 10.6. The van der Waals surface area contributed by atoms with E-state index in [0.717, 1.165) is 5.56 Å². The molecule has 0 aromatic heterocycles. The lowest BCUT2D eigenvalue weighted by Gasteiger charge is -2.05. The minimum absolute atomic E-state index is 0.370. The van der Waals surface area contributed by atoms with Crippen molar-refractivity contribution < 1.29 is 9.90 Å². The van der Waals surface area contributed by atoms with Crippen molar-refractivity contribution in [2.75, 3.05) is 0 Å². The molecular formula is C10H11ClO2S. The number of carbonyl (C=O) groups is 1. The second-order valence-corrected chi connectivity index (χ2v) is 4.68. The van der Waals surface area contributed by atoms with E-state index in [0.29, 0.717) is 10.8 Å². The lowest BCUT2D eigenvalue weighted by molar-refractivity contribution is -0.136. The highest BCUT2D eigenvalue weighted by atomic mass is 35.5. The predicted octanol–water partition coefficient (Wildman–Crippen LogP) is 3.05. The summed E-state index contributed by atoms with van der Waals surface area (Å²) in [5.74, 6) is -0.0751. The lowest BCUT2D eigenvalue weighted by atomic mass is 10.2. The zero-order valence-electron chi connectivity index (χ0n) is 7.74. The molecule has 0 fully saturated rings. The SMILES string of the molecule is CC(SCc1ccc(Cl)cc1)C(=O)O. The van der Waals surface area contributed by atoms with Gasteiger partial charge in [-0.25, -0.2) is 0 Å². The van der Waals surface area contributed by atoms with E-state index in [-0.39, 0.29) is 5.25 Å². The van der Waals surface area contributed by atoms with E-state index in [1.165, 1.54) is 11.8 Å². The van der Waals surface area contributed by atoms with Crippen LogP contribution in [-0.4, -0.2) is 16.3 Å². The molecular weight excluding hydrogens is 220 g/mol. The molecule has 1 rings (SSSR count). The topological polar surface area (TPSA) is 37.3 Å². The standard InChI is InChI=1S/C10H11ClO2S/c1-7(10(12)13)14-6-8-2-4-9(11)5-3-8/h2-5,7H,6H2,1H3,(H,12,13). The average molecular weight is 231 g/mol. The zero-order valence-corrected chi connectivity index (χ0v) is 9.31. The maximum absolute atomic E-state index is 10.5. The number of thioether (sulfide) groups is 1. The maximum Gasteiger partial charge on any atom is 0.316 e. The fourth-order valence-corrected chi connectivity index (χ4v) is 1.78. The summed E-state index contributed by atoms with van der Waals surface area (Å²) in [5.41, 5.74) is 1.09. The average Bonchev–Trinajstić information content (AvgIpc) is 2.16. The molecule has 76 valence electrons. The number of hydrogen-bond acceptors (Lipinski definition) is 2. The third-order valence-corrected chi connectivity index (χ3v) is 3.21. The molecule has 1 atom stereocenters. The minimum atomic E-state index is -0.774. The summed E-state index contributed by atoms with van der Waals surface area (Å²) in [7, 11) is 0. The molecule has 0 bridgehead atoms. The fraction of sp³-hybridized carbons (Fsp3) is 0.300. The van der Waals surface area contributed by atoms with Gasteiger partial charge in [0.2, 0.25) is 0 Å². The molecule has 0 aliphatic heterocycles. The molecule has 1 N–H and O–H groups in total. The van der Waals surface area contributed by atoms with Gasteiger partial charge in [0.1, 0.15) is 0 Å². The molecule has 0 saturated heterocycles. The number of halogens is 1. The van der Waals surface area contributed by atoms with Gasteiger partial charge in [0.05, 0.1) is 5.25 Å². The molecule has 0 aliphatic rings. The van der Waals surface area contributed by atoms with Gasteiger partial charge in [0, 0.05) is 10.8 Å². The Morgan fingerprint density at radius 3 is 2.57 bits per heavy atom. The summed E-state index contributed by atoms with van der Waals surface area (Å²) in [6.07, 6.45) is 0. The first-order valence-corrected chi connectivity index (χ1v) is 5.61. The van der Waals surface area contributed by atoms with Crippen LogP contribution in [0.15, 0.2) is 24.3 Å². The van der Waals surface area contributed by atoms with Crippen molar-refractivity contribution in [1.29, 1.82) is 0 Å². The Kier molecular flexibility index (Phi) is 4.29. The van der Waals surface area contributed by atoms with Gasteiger partial charge in [-0.2, -0.15) is 0 Å². The second-order valence-electron chi connectivity index (χ2n) is 2.92. The Hall–Kier alpha value is -0.670. The molecule has 1 unspecified atom stereocenters. The first kappa shape index (κ1) is 11.4. The molecule has 0 saturated carbocycles. The van der Waals surface area contributed by atoms with Crippen LogP contribution >= 0.6 is 23.4 Å². The van der Waals surface area contributed by atoms with Gasteiger partial charge in [0.25, 0.3) is 0 Å². The highest BCUT2D eigenvalue weighted by Crippen LogP contribution is 2.19. The van der Waals surface area contributed by atoms with E-state index in [2.05, 4.69) is 0 Å². The van der Waals surface area contributed by atoms with Crippen molar-refractivity contribution >= 4 is 29.3 Å². The highest BCUT2D eigenvalue weighted by molar-refractivity contribution is 7.99. The normalized spacial score (nSPS) is 12.4. The lowest BCUT2D eigenvalue weighted by Crippen LogP contribution is -2.11. The van der Waals surface area contributed by atoms with Crippen LogP contribution in [0, 0.1) is 0 Å². The number of aliphatic carboxylic acids is 1. The van der Waals surface area contributed by atoms with Crippen LogP contribution in [0.2, 0.25) is 5.02 Å². The van der Waals surface area contributed by atoms with E-state index in [4.69, 9.17) is 16.7 Å². The monoisotopic (exact) mass is 230 g/mol. The van der Waals surface area contributed by atoms with E-state index in [9.17, 15) is 4.79 Å². The Labute approximate surface area is 92.3 Å². The van der Waals surface area contributed by atoms with Crippen molar-refractivity contribution in [2.45, 2.75) is 17.9 Å². The molecule has 1 aromatic rings. The number of hydrogen-bond donors (Lipinski definition) is 1. The van der Waals surface area contributed by atoms with Crippen LogP contribution in [0.4, 0.5) is 0 Å². The molecule has 2 nitrogen and oxygen atoms in total. The summed E-state index contributed by atoms with van der Waals surface area (Å²) in [6.45, 7) is 1.68. The van der Waals surface area contributed by atoms with E-state index in [1.807, 2.05) is 24.3 Å². The van der Waals surface area contributed by atoms with Crippen LogP contribution in [-0.2, 0) is 10.5 Å². The first-order valence-electron chi connectivity index (χ1n) is 4.18. The quantitative estimate of drug-likeness (QED) is 0.864. The van der Waals surface area contributed by atoms with Gasteiger partial charge in [-0.1, -0.05) is 23.7 Å².